The maximum atomic E-state index is 13.6. The second-order valence-corrected chi connectivity index (χ2v) is 6.04. The highest BCUT2D eigenvalue weighted by molar-refractivity contribution is 7.09. The Morgan fingerprint density at radius 1 is 1.21 bits per heavy atom. The average molecular weight is 357 g/mol. The topological polar surface area (TPSA) is 45.2 Å². The largest absolute Gasteiger partial charge is 0.345 e. The number of thiazole rings is 1. The summed E-state index contributed by atoms with van der Waals surface area (Å²) < 4.78 is 39.6. The van der Waals surface area contributed by atoms with E-state index in [0.29, 0.717) is 5.01 Å². The van der Waals surface area contributed by atoms with Gasteiger partial charge in [-0.05, 0) is 25.2 Å². The number of hydrogen-bond acceptors (Lipinski definition) is 4. The number of aromatic nitrogens is 1. The van der Waals surface area contributed by atoms with E-state index in [1.165, 1.54) is 11.3 Å². The van der Waals surface area contributed by atoms with Crippen LogP contribution in [0.25, 0.3) is 0 Å². The molecule has 1 N–H and O–H groups in total. The van der Waals surface area contributed by atoms with Gasteiger partial charge in [0.15, 0.2) is 17.5 Å². The Bertz CT molecular complexity index is 717. The number of carbonyl (C=O) groups is 1. The van der Waals surface area contributed by atoms with Crippen LogP contribution in [0.5, 0.6) is 0 Å². The van der Waals surface area contributed by atoms with E-state index in [9.17, 15) is 18.0 Å². The molecule has 1 amide bonds. The van der Waals surface area contributed by atoms with Gasteiger partial charge >= 0.3 is 0 Å². The van der Waals surface area contributed by atoms with E-state index in [0.717, 1.165) is 37.5 Å². The fourth-order valence-corrected chi connectivity index (χ4v) is 2.86. The van der Waals surface area contributed by atoms with E-state index in [1.54, 1.807) is 0 Å². The molecule has 0 spiro atoms. The van der Waals surface area contributed by atoms with Crippen LogP contribution in [0, 0.1) is 17.5 Å². The van der Waals surface area contributed by atoms with E-state index in [2.05, 4.69) is 29.0 Å². The third kappa shape index (κ3) is 4.33. The van der Waals surface area contributed by atoms with Gasteiger partial charge < -0.3 is 5.32 Å². The number of nitrogens with zero attached hydrogens (tertiary/aromatic N) is 2. The second-order valence-electron chi connectivity index (χ2n) is 5.10. The number of hydrogen-bond donors (Lipinski definition) is 1. The molecular formula is C16H18F3N3OS. The van der Waals surface area contributed by atoms with E-state index < -0.39 is 28.9 Å². The molecule has 4 nitrogen and oxygen atoms in total. The number of benzene rings is 1. The van der Waals surface area contributed by atoms with E-state index in [1.807, 2.05) is 5.38 Å². The molecule has 0 fully saturated rings. The molecule has 0 aliphatic rings. The lowest BCUT2D eigenvalue weighted by Gasteiger charge is -2.15. The van der Waals surface area contributed by atoms with Crippen LogP contribution in [0.4, 0.5) is 13.2 Å². The van der Waals surface area contributed by atoms with Crippen LogP contribution in [0.2, 0.25) is 0 Å². The van der Waals surface area contributed by atoms with Crippen molar-refractivity contribution in [1.82, 2.24) is 15.2 Å². The first-order valence-electron chi connectivity index (χ1n) is 7.53. The molecule has 1 aromatic carbocycles. The summed E-state index contributed by atoms with van der Waals surface area (Å²) in [6, 6.07) is 1.63. The number of rotatable bonds is 7. The molecule has 1 aromatic heterocycles. The Hall–Kier alpha value is -1.93. The number of amides is 1. The predicted molar refractivity (Wildman–Crippen MR) is 86.2 cm³/mol. The minimum Gasteiger partial charge on any atom is -0.345 e. The van der Waals surface area contributed by atoms with Crippen molar-refractivity contribution in [3.63, 3.8) is 0 Å². The van der Waals surface area contributed by atoms with Crippen molar-refractivity contribution in [2.24, 2.45) is 0 Å². The van der Waals surface area contributed by atoms with Crippen molar-refractivity contribution >= 4 is 17.2 Å². The normalized spacial score (nSPS) is 11.1. The van der Waals surface area contributed by atoms with Gasteiger partial charge in [-0.25, -0.2) is 18.2 Å². The summed E-state index contributed by atoms with van der Waals surface area (Å²) in [5.74, 6) is -5.29. The number of halogens is 3. The Morgan fingerprint density at radius 2 is 1.92 bits per heavy atom. The quantitative estimate of drug-likeness (QED) is 0.773. The van der Waals surface area contributed by atoms with Crippen molar-refractivity contribution < 1.29 is 18.0 Å². The summed E-state index contributed by atoms with van der Waals surface area (Å²) in [5.41, 5.74) is 0.362. The van der Waals surface area contributed by atoms with Gasteiger partial charge in [0.05, 0.1) is 17.8 Å². The molecule has 1 heterocycles. The van der Waals surface area contributed by atoms with Gasteiger partial charge in [-0.3, -0.25) is 9.69 Å². The standard InChI is InChI=1S/C16H18F3N3OS/c1-3-22(4-2)8-10-9-24-13(21-10)7-20-16(23)11-5-6-12(17)15(19)14(11)18/h5-6,9H,3-4,7-8H2,1-2H3,(H,20,23). The molecular weight excluding hydrogens is 339 g/mol. The van der Waals surface area contributed by atoms with Crippen LogP contribution in [0.1, 0.15) is 34.9 Å². The Balaban J connectivity index is 1.97. The maximum absolute atomic E-state index is 13.6. The van der Waals surface area contributed by atoms with E-state index >= 15 is 0 Å². The lowest BCUT2D eigenvalue weighted by atomic mass is 10.2. The van der Waals surface area contributed by atoms with Crippen molar-refractivity contribution in [2.75, 3.05) is 13.1 Å². The van der Waals surface area contributed by atoms with Gasteiger partial charge in [0.25, 0.3) is 5.91 Å². The number of carbonyl (C=O) groups excluding carboxylic acids is 1. The maximum Gasteiger partial charge on any atom is 0.254 e. The first-order chi connectivity index (χ1) is 11.5. The lowest BCUT2D eigenvalue weighted by molar-refractivity contribution is 0.0945. The molecule has 0 radical (unpaired) electrons. The number of nitrogens with one attached hydrogen (secondary N) is 1. The van der Waals surface area contributed by atoms with Crippen molar-refractivity contribution in [1.29, 1.82) is 0 Å². The molecule has 130 valence electrons. The van der Waals surface area contributed by atoms with Crippen LogP contribution >= 0.6 is 11.3 Å². The molecule has 8 heteroatoms. The fourth-order valence-electron chi connectivity index (χ4n) is 2.13. The molecule has 0 saturated carbocycles. The Morgan fingerprint density at radius 3 is 2.58 bits per heavy atom. The van der Waals surface area contributed by atoms with Crippen molar-refractivity contribution in [3.05, 3.63) is 51.2 Å². The highest BCUT2D eigenvalue weighted by Gasteiger charge is 2.18. The van der Waals surface area contributed by atoms with E-state index in [-0.39, 0.29) is 6.54 Å². The third-order valence-corrected chi connectivity index (χ3v) is 4.46. The average Bonchev–Trinajstić information content (AvgIpc) is 3.03. The minimum atomic E-state index is -1.65. The van der Waals surface area contributed by atoms with Crippen LogP contribution in [0.15, 0.2) is 17.5 Å². The molecule has 2 rings (SSSR count). The molecule has 0 unspecified atom stereocenters. The SMILES string of the molecule is CCN(CC)Cc1csc(CNC(=O)c2ccc(F)c(F)c2F)n1. The molecule has 0 atom stereocenters. The first kappa shape index (κ1) is 18.4. The minimum absolute atomic E-state index is 0.0974. The molecule has 24 heavy (non-hydrogen) atoms. The summed E-state index contributed by atoms with van der Waals surface area (Å²) >= 11 is 1.38. The summed E-state index contributed by atoms with van der Waals surface area (Å²) in [6.07, 6.45) is 0. The summed E-state index contributed by atoms with van der Waals surface area (Å²) in [7, 11) is 0. The van der Waals surface area contributed by atoms with Crippen LogP contribution < -0.4 is 5.32 Å². The molecule has 0 bridgehead atoms. The van der Waals surface area contributed by atoms with E-state index in [4.69, 9.17) is 0 Å². The zero-order chi connectivity index (χ0) is 17.7. The first-order valence-corrected chi connectivity index (χ1v) is 8.41. The molecule has 0 aliphatic heterocycles. The monoisotopic (exact) mass is 357 g/mol. The zero-order valence-corrected chi connectivity index (χ0v) is 14.2. The smallest absolute Gasteiger partial charge is 0.254 e. The van der Waals surface area contributed by atoms with Gasteiger partial charge in [-0.2, -0.15) is 0 Å². The van der Waals surface area contributed by atoms with Crippen LogP contribution in [-0.4, -0.2) is 28.9 Å². The Labute approximate surface area is 142 Å². The highest BCUT2D eigenvalue weighted by Crippen LogP contribution is 2.16. The summed E-state index contributed by atoms with van der Waals surface area (Å²) in [5, 5.41) is 5.03. The molecule has 2 aromatic rings. The summed E-state index contributed by atoms with van der Waals surface area (Å²) in [6.45, 7) is 6.77. The third-order valence-electron chi connectivity index (χ3n) is 3.56. The van der Waals surface area contributed by atoms with Crippen LogP contribution in [0.3, 0.4) is 0 Å². The Kier molecular flexibility index (Phi) is 6.33. The van der Waals surface area contributed by atoms with Crippen molar-refractivity contribution in [2.45, 2.75) is 26.9 Å². The highest BCUT2D eigenvalue weighted by atomic mass is 32.1. The summed E-state index contributed by atoms with van der Waals surface area (Å²) in [4.78, 5) is 18.5. The molecule has 0 aliphatic carbocycles. The molecule has 0 saturated heterocycles. The fraction of sp³-hybridized carbons (Fsp3) is 0.375. The second kappa shape index (κ2) is 8.25. The van der Waals surface area contributed by atoms with Gasteiger partial charge in [-0.1, -0.05) is 13.8 Å². The van der Waals surface area contributed by atoms with Gasteiger partial charge in [-0.15, -0.1) is 11.3 Å². The zero-order valence-electron chi connectivity index (χ0n) is 13.4. The lowest BCUT2D eigenvalue weighted by Crippen LogP contribution is -2.24. The van der Waals surface area contributed by atoms with Gasteiger partial charge in [0.2, 0.25) is 0 Å². The predicted octanol–water partition coefficient (Wildman–Crippen LogP) is 3.33. The van der Waals surface area contributed by atoms with Gasteiger partial charge in [0, 0.05) is 11.9 Å². The van der Waals surface area contributed by atoms with Gasteiger partial charge in [0.1, 0.15) is 5.01 Å². The van der Waals surface area contributed by atoms with Crippen molar-refractivity contribution in [3.8, 4) is 0 Å². The van der Waals surface area contributed by atoms with Crippen LogP contribution in [-0.2, 0) is 13.1 Å².